The number of likely N-dealkylation sites (tertiary alicyclic amines) is 1. The van der Waals surface area contributed by atoms with E-state index in [9.17, 15) is 4.79 Å². The molecule has 0 saturated carbocycles. The number of nitriles is 1. The average molecular weight is 138 g/mol. The molecule has 0 N–H and O–H groups in total. The van der Waals surface area contributed by atoms with Crippen LogP contribution in [0.3, 0.4) is 0 Å². The lowest BCUT2D eigenvalue weighted by atomic mass is 10.1. The number of rotatable bonds is 0. The van der Waals surface area contributed by atoms with E-state index < -0.39 is 0 Å². The summed E-state index contributed by atoms with van der Waals surface area (Å²) in [4.78, 5) is 12.4. The van der Waals surface area contributed by atoms with Gasteiger partial charge < -0.3 is 4.90 Å². The quantitative estimate of drug-likeness (QED) is 0.485. The third-order valence-corrected chi connectivity index (χ3v) is 1.82. The smallest absolute Gasteiger partial charge is 0.219 e. The molecule has 0 aromatic rings. The maximum Gasteiger partial charge on any atom is 0.219 e. The average Bonchev–Trinajstić information content (AvgIpc) is 2.34. The maximum absolute atomic E-state index is 10.7. The van der Waals surface area contributed by atoms with E-state index in [2.05, 4.69) is 6.07 Å². The van der Waals surface area contributed by atoms with Gasteiger partial charge in [-0.25, -0.2) is 0 Å². The molecule has 1 atom stereocenters. The summed E-state index contributed by atoms with van der Waals surface area (Å²) in [7, 11) is 0. The molecular formula is C7H10N2O. The number of nitrogens with zero attached hydrogens (tertiary/aromatic N) is 2. The highest BCUT2D eigenvalue weighted by Gasteiger charge is 2.23. The molecule has 1 heterocycles. The van der Waals surface area contributed by atoms with Gasteiger partial charge in [-0.3, -0.25) is 4.79 Å². The monoisotopic (exact) mass is 138 g/mol. The van der Waals surface area contributed by atoms with Crippen molar-refractivity contribution in [2.24, 2.45) is 5.92 Å². The number of carbonyl (C=O) groups is 1. The Morgan fingerprint density at radius 1 is 1.80 bits per heavy atom. The summed E-state index contributed by atoms with van der Waals surface area (Å²) in [5.74, 6) is 0.154. The van der Waals surface area contributed by atoms with Gasteiger partial charge in [-0.1, -0.05) is 0 Å². The lowest BCUT2D eigenvalue weighted by Gasteiger charge is -2.10. The first-order valence-corrected chi connectivity index (χ1v) is 3.39. The zero-order valence-corrected chi connectivity index (χ0v) is 6.00. The van der Waals surface area contributed by atoms with Gasteiger partial charge in [-0.15, -0.1) is 0 Å². The van der Waals surface area contributed by atoms with Gasteiger partial charge in [0.15, 0.2) is 0 Å². The maximum atomic E-state index is 10.7. The van der Waals surface area contributed by atoms with Crippen LogP contribution in [0.15, 0.2) is 0 Å². The van der Waals surface area contributed by atoms with E-state index in [1.807, 2.05) is 0 Å². The first-order valence-electron chi connectivity index (χ1n) is 3.39. The molecule has 0 radical (unpaired) electrons. The number of carbonyl (C=O) groups excluding carboxylic acids is 1. The van der Waals surface area contributed by atoms with E-state index >= 15 is 0 Å². The van der Waals surface area contributed by atoms with Crippen LogP contribution < -0.4 is 0 Å². The highest BCUT2D eigenvalue weighted by molar-refractivity contribution is 5.73. The minimum atomic E-state index is 0.0731. The Labute approximate surface area is 60.2 Å². The third kappa shape index (κ3) is 1.27. The van der Waals surface area contributed by atoms with E-state index in [4.69, 9.17) is 5.26 Å². The Balaban J connectivity index is 2.45. The van der Waals surface area contributed by atoms with Crippen LogP contribution in [0.25, 0.3) is 0 Å². The topological polar surface area (TPSA) is 44.1 Å². The Morgan fingerprint density at radius 3 is 2.80 bits per heavy atom. The van der Waals surface area contributed by atoms with E-state index in [0.29, 0.717) is 6.54 Å². The Kier molecular flexibility index (Phi) is 1.91. The van der Waals surface area contributed by atoms with Crippen LogP contribution in [0.4, 0.5) is 0 Å². The van der Waals surface area contributed by atoms with Crippen LogP contribution in [0, 0.1) is 17.2 Å². The SMILES string of the molecule is CC(=O)N1CCC(C#N)C1. The van der Waals surface area contributed by atoms with Crippen molar-refractivity contribution in [2.75, 3.05) is 13.1 Å². The molecule has 0 aromatic heterocycles. The second kappa shape index (κ2) is 2.70. The number of amides is 1. The fourth-order valence-corrected chi connectivity index (χ4v) is 1.15. The molecule has 3 heteroatoms. The van der Waals surface area contributed by atoms with Crippen molar-refractivity contribution in [3.8, 4) is 6.07 Å². The molecule has 54 valence electrons. The second-order valence-corrected chi connectivity index (χ2v) is 2.58. The van der Waals surface area contributed by atoms with Crippen LogP contribution >= 0.6 is 0 Å². The Bertz CT molecular complexity index is 183. The first-order chi connectivity index (χ1) is 4.74. The Hall–Kier alpha value is -1.04. The molecule has 1 amide bonds. The van der Waals surface area contributed by atoms with Gasteiger partial charge in [0.2, 0.25) is 5.91 Å². The van der Waals surface area contributed by atoms with E-state index in [-0.39, 0.29) is 11.8 Å². The Morgan fingerprint density at radius 2 is 2.50 bits per heavy atom. The van der Waals surface area contributed by atoms with Crippen LogP contribution in [-0.4, -0.2) is 23.9 Å². The zero-order chi connectivity index (χ0) is 7.56. The molecule has 10 heavy (non-hydrogen) atoms. The molecule has 1 unspecified atom stereocenters. The summed E-state index contributed by atoms with van der Waals surface area (Å²) >= 11 is 0. The molecular weight excluding hydrogens is 128 g/mol. The lowest BCUT2D eigenvalue weighted by molar-refractivity contribution is -0.127. The summed E-state index contributed by atoms with van der Waals surface area (Å²) in [5.41, 5.74) is 0. The minimum Gasteiger partial charge on any atom is -0.342 e. The van der Waals surface area contributed by atoms with Crippen molar-refractivity contribution in [3.63, 3.8) is 0 Å². The standard InChI is InChI=1S/C7H10N2O/c1-6(10)9-3-2-7(4-8)5-9/h7H,2-3,5H2,1H3. The molecule has 1 rings (SSSR count). The van der Waals surface area contributed by atoms with Gasteiger partial charge in [-0.05, 0) is 6.42 Å². The highest BCUT2D eigenvalue weighted by Crippen LogP contribution is 2.14. The van der Waals surface area contributed by atoms with Crippen molar-refractivity contribution >= 4 is 5.91 Å². The van der Waals surface area contributed by atoms with Gasteiger partial charge in [0, 0.05) is 20.0 Å². The predicted molar refractivity (Wildman–Crippen MR) is 36.0 cm³/mol. The zero-order valence-electron chi connectivity index (χ0n) is 6.00. The molecule has 0 spiro atoms. The number of hydrogen-bond acceptors (Lipinski definition) is 2. The van der Waals surface area contributed by atoms with Gasteiger partial charge in [0.25, 0.3) is 0 Å². The van der Waals surface area contributed by atoms with Crippen molar-refractivity contribution in [1.29, 1.82) is 5.26 Å². The van der Waals surface area contributed by atoms with Crippen molar-refractivity contribution in [3.05, 3.63) is 0 Å². The fourth-order valence-electron chi connectivity index (χ4n) is 1.15. The summed E-state index contributed by atoms with van der Waals surface area (Å²) in [5, 5.41) is 8.48. The molecule has 3 nitrogen and oxygen atoms in total. The van der Waals surface area contributed by atoms with Crippen molar-refractivity contribution in [2.45, 2.75) is 13.3 Å². The normalized spacial score (nSPS) is 24.4. The molecule has 0 bridgehead atoms. The summed E-state index contributed by atoms with van der Waals surface area (Å²) in [6.45, 7) is 2.93. The van der Waals surface area contributed by atoms with Crippen LogP contribution in [-0.2, 0) is 4.79 Å². The van der Waals surface area contributed by atoms with Gasteiger partial charge in [0.05, 0.1) is 12.0 Å². The van der Waals surface area contributed by atoms with Gasteiger partial charge in [-0.2, -0.15) is 5.26 Å². The lowest BCUT2D eigenvalue weighted by Crippen LogP contribution is -2.25. The highest BCUT2D eigenvalue weighted by atomic mass is 16.2. The number of hydrogen-bond donors (Lipinski definition) is 0. The third-order valence-electron chi connectivity index (χ3n) is 1.82. The fraction of sp³-hybridized carbons (Fsp3) is 0.714. The molecule has 1 aliphatic heterocycles. The van der Waals surface area contributed by atoms with Crippen molar-refractivity contribution < 1.29 is 4.79 Å². The molecule has 1 aliphatic rings. The van der Waals surface area contributed by atoms with Crippen LogP contribution in [0.2, 0.25) is 0 Å². The van der Waals surface area contributed by atoms with Crippen LogP contribution in [0.1, 0.15) is 13.3 Å². The van der Waals surface area contributed by atoms with Crippen LogP contribution in [0.5, 0.6) is 0 Å². The first kappa shape index (κ1) is 7.07. The van der Waals surface area contributed by atoms with E-state index in [1.165, 1.54) is 0 Å². The van der Waals surface area contributed by atoms with Gasteiger partial charge in [0.1, 0.15) is 0 Å². The molecule has 1 saturated heterocycles. The minimum absolute atomic E-state index is 0.0731. The predicted octanol–water partition coefficient (Wildman–Crippen LogP) is 0.378. The molecule has 1 fully saturated rings. The molecule has 0 aromatic carbocycles. The van der Waals surface area contributed by atoms with E-state index in [1.54, 1.807) is 11.8 Å². The summed E-state index contributed by atoms with van der Waals surface area (Å²) in [6.07, 6.45) is 0.843. The van der Waals surface area contributed by atoms with Crippen molar-refractivity contribution in [1.82, 2.24) is 4.90 Å². The summed E-state index contributed by atoms with van der Waals surface area (Å²) in [6, 6.07) is 2.15. The summed E-state index contributed by atoms with van der Waals surface area (Å²) < 4.78 is 0. The second-order valence-electron chi connectivity index (χ2n) is 2.58. The largest absolute Gasteiger partial charge is 0.342 e. The van der Waals surface area contributed by atoms with E-state index in [0.717, 1.165) is 13.0 Å². The molecule has 0 aliphatic carbocycles. The van der Waals surface area contributed by atoms with Gasteiger partial charge >= 0.3 is 0 Å².